The average Bonchev–Trinajstić information content (AvgIpc) is 2.98. The Bertz CT molecular complexity index is 504. The van der Waals surface area contributed by atoms with Gasteiger partial charge in [0.1, 0.15) is 5.60 Å². The minimum Gasteiger partial charge on any atom is -0.477 e. The van der Waals surface area contributed by atoms with Crippen molar-refractivity contribution >= 4 is 6.08 Å². The standard InChI is InChI=1S/C13H13NO3/c1-2-10-12(16-8-15-10)11-9(1)3-4-13(17-11)5-6-14-7-13/h1-4,14H,5-8H2. The molecule has 0 amide bonds. The summed E-state index contributed by atoms with van der Waals surface area (Å²) >= 11 is 0. The van der Waals surface area contributed by atoms with Crippen LogP contribution < -0.4 is 19.5 Å². The molecule has 0 radical (unpaired) electrons. The zero-order valence-electron chi connectivity index (χ0n) is 9.36. The lowest BCUT2D eigenvalue weighted by molar-refractivity contribution is 0.126. The van der Waals surface area contributed by atoms with Gasteiger partial charge in [-0.15, -0.1) is 0 Å². The van der Waals surface area contributed by atoms with Crippen molar-refractivity contribution < 1.29 is 14.2 Å². The van der Waals surface area contributed by atoms with E-state index < -0.39 is 0 Å². The Labute approximate surface area is 99.2 Å². The fourth-order valence-corrected chi connectivity index (χ4v) is 2.60. The van der Waals surface area contributed by atoms with Crippen molar-refractivity contribution in [3.63, 3.8) is 0 Å². The molecule has 3 heterocycles. The van der Waals surface area contributed by atoms with Crippen LogP contribution in [0.1, 0.15) is 12.0 Å². The molecule has 3 aliphatic rings. The van der Waals surface area contributed by atoms with E-state index in [1.165, 1.54) is 0 Å². The number of hydrogen-bond donors (Lipinski definition) is 1. The first-order valence-corrected chi connectivity index (χ1v) is 5.88. The molecule has 1 fully saturated rings. The van der Waals surface area contributed by atoms with Crippen LogP contribution in [0, 0.1) is 0 Å². The van der Waals surface area contributed by atoms with Gasteiger partial charge in [0.05, 0.1) is 0 Å². The molecule has 88 valence electrons. The maximum absolute atomic E-state index is 6.17. The van der Waals surface area contributed by atoms with E-state index in [1.807, 2.05) is 12.1 Å². The summed E-state index contributed by atoms with van der Waals surface area (Å²) in [5.74, 6) is 2.35. The molecule has 1 N–H and O–H groups in total. The van der Waals surface area contributed by atoms with E-state index >= 15 is 0 Å². The topological polar surface area (TPSA) is 39.7 Å². The third-order valence-electron chi connectivity index (χ3n) is 3.55. The molecule has 4 heteroatoms. The average molecular weight is 231 g/mol. The summed E-state index contributed by atoms with van der Waals surface area (Å²) in [4.78, 5) is 0. The highest BCUT2D eigenvalue weighted by molar-refractivity contribution is 5.69. The van der Waals surface area contributed by atoms with Crippen molar-refractivity contribution in [2.24, 2.45) is 0 Å². The number of nitrogens with one attached hydrogen (secondary N) is 1. The lowest BCUT2D eigenvalue weighted by Gasteiger charge is -2.30. The second-order valence-corrected chi connectivity index (χ2v) is 4.64. The molecule has 1 atom stereocenters. The quantitative estimate of drug-likeness (QED) is 0.735. The van der Waals surface area contributed by atoms with E-state index in [-0.39, 0.29) is 12.4 Å². The van der Waals surface area contributed by atoms with Gasteiger partial charge in [-0.25, -0.2) is 0 Å². The predicted molar refractivity (Wildman–Crippen MR) is 62.4 cm³/mol. The smallest absolute Gasteiger partial charge is 0.231 e. The Hall–Kier alpha value is -1.68. The molecule has 1 aromatic carbocycles. The van der Waals surface area contributed by atoms with Crippen molar-refractivity contribution in [1.29, 1.82) is 0 Å². The first-order valence-electron chi connectivity index (χ1n) is 5.88. The second-order valence-electron chi connectivity index (χ2n) is 4.64. The molecular weight excluding hydrogens is 218 g/mol. The molecule has 17 heavy (non-hydrogen) atoms. The molecule has 0 aromatic heterocycles. The Morgan fingerprint density at radius 3 is 3.06 bits per heavy atom. The monoisotopic (exact) mass is 231 g/mol. The van der Waals surface area contributed by atoms with Gasteiger partial charge in [0.15, 0.2) is 11.5 Å². The number of ether oxygens (including phenoxy) is 3. The fraction of sp³-hybridized carbons (Fsp3) is 0.385. The van der Waals surface area contributed by atoms with Crippen molar-refractivity contribution in [2.75, 3.05) is 19.9 Å². The van der Waals surface area contributed by atoms with Crippen LogP contribution in [-0.4, -0.2) is 25.5 Å². The number of benzene rings is 1. The summed E-state index contributed by atoms with van der Waals surface area (Å²) in [6, 6.07) is 3.94. The van der Waals surface area contributed by atoms with Gasteiger partial charge in [0.2, 0.25) is 12.5 Å². The SMILES string of the molecule is C1=CC2(CCNC2)Oc2c1ccc1c2OCO1. The van der Waals surface area contributed by atoms with Crippen LogP contribution in [0.25, 0.3) is 6.08 Å². The Balaban J connectivity index is 1.83. The van der Waals surface area contributed by atoms with Crippen LogP contribution in [0.4, 0.5) is 0 Å². The molecule has 1 spiro atoms. The van der Waals surface area contributed by atoms with Crippen LogP contribution in [0.3, 0.4) is 0 Å². The summed E-state index contributed by atoms with van der Waals surface area (Å²) in [7, 11) is 0. The summed E-state index contributed by atoms with van der Waals surface area (Å²) < 4.78 is 17.0. The summed E-state index contributed by atoms with van der Waals surface area (Å²) in [5, 5.41) is 3.33. The van der Waals surface area contributed by atoms with Crippen LogP contribution in [0.2, 0.25) is 0 Å². The van der Waals surface area contributed by atoms with Crippen LogP contribution in [0.5, 0.6) is 17.2 Å². The first kappa shape index (κ1) is 9.36. The zero-order chi connectivity index (χ0) is 11.3. The van der Waals surface area contributed by atoms with Gasteiger partial charge in [0.25, 0.3) is 0 Å². The van der Waals surface area contributed by atoms with Gasteiger partial charge >= 0.3 is 0 Å². The van der Waals surface area contributed by atoms with Gasteiger partial charge in [-0.3, -0.25) is 0 Å². The largest absolute Gasteiger partial charge is 0.477 e. The Kier molecular flexibility index (Phi) is 1.74. The number of fused-ring (bicyclic) bond motifs is 3. The highest BCUT2D eigenvalue weighted by Gasteiger charge is 2.38. The maximum Gasteiger partial charge on any atom is 0.231 e. The molecule has 1 unspecified atom stereocenters. The minimum atomic E-state index is -0.200. The highest BCUT2D eigenvalue weighted by atomic mass is 16.7. The van der Waals surface area contributed by atoms with E-state index in [9.17, 15) is 0 Å². The van der Waals surface area contributed by atoms with E-state index in [2.05, 4.69) is 17.5 Å². The zero-order valence-corrected chi connectivity index (χ0v) is 9.36. The van der Waals surface area contributed by atoms with Crippen molar-refractivity contribution in [1.82, 2.24) is 5.32 Å². The maximum atomic E-state index is 6.17. The van der Waals surface area contributed by atoms with Crippen molar-refractivity contribution in [3.8, 4) is 17.2 Å². The molecule has 3 aliphatic heterocycles. The number of hydrogen-bond acceptors (Lipinski definition) is 4. The van der Waals surface area contributed by atoms with E-state index in [1.54, 1.807) is 0 Å². The summed E-state index contributed by atoms with van der Waals surface area (Å²) in [6.07, 6.45) is 5.26. The third kappa shape index (κ3) is 1.27. The Morgan fingerprint density at radius 1 is 1.18 bits per heavy atom. The van der Waals surface area contributed by atoms with Gasteiger partial charge in [-0.05, 0) is 24.8 Å². The molecule has 1 aromatic rings. The lowest BCUT2D eigenvalue weighted by atomic mass is 9.97. The number of rotatable bonds is 0. The Morgan fingerprint density at radius 2 is 2.18 bits per heavy atom. The second kappa shape index (κ2) is 3.17. The highest BCUT2D eigenvalue weighted by Crippen LogP contribution is 2.47. The van der Waals surface area contributed by atoms with E-state index in [0.29, 0.717) is 0 Å². The molecule has 0 bridgehead atoms. The van der Waals surface area contributed by atoms with Crippen LogP contribution >= 0.6 is 0 Å². The summed E-state index contributed by atoms with van der Waals surface area (Å²) in [6.45, 7) is 2.13. The molecular formula is C13H13NO3. The third-order valence-corrected chi connectivity index (χ3v) is 3.55. The fourth-order valence-electron chi connectivity index (χ4n) is 2.60. The predicted octanol–water partition coefficient (Wildman–Crippen LogP) is 1.55. The molecule has 0 saturated carbocycles. The van der Waals surface area contributed by atoms with Gasteiger partial charge in [-0.1, -0.05) is 6.08 Å². The van der Waals surface area contributed by atoms with Crippen molar-refractivity contribution in [2.45, 2.75) is 12.0 Å². The first-order chi connectivity index (χ1) is 8.36. The molecule has 1 saturated heterocycles. The van der Waals surface area contributed by atoms with Gasteiger partial charge < -0.3 is 19.5 Å². The van der Waals surface area contributed by atoms with Gasteiger partial charge in [-0.2, -0.15) is 0 Å². The van der Waals surface area contributed by atoms with E-state index in [4.69, 9.17) is 14.2 Å². The van der Waals surface area contributed by atoms with E-state index in [0.717, 1.165) is 42.3 Å². The molecule has 4 nitrogen and oxygen atoms in total. The molecule has 4 rings (SSSR count). The minimum absolute atomic E-state index is 0.200. The van der Waals surface area contributed by atoms with Crippen LogP contribution in [-0.2, 0) is 0 Å². The normalized spacial score (nSPS) is 28.2. The summed E-state index contributed by atoms with van der Waals surface area (Å²) in [5.41, 5.74) is 0.862. The molecule has 0 aliphatic carbocycles. The van der Waals surface area contributed by atoms with Crippen molar-refractivity contribution in [3.05, 3.63) is 23.8 Å². The van der Waals surface area contributed by atoms with Crippen LogP contribution in [0.15, 0.2) is 18.2 Å². The van der Waals surface area contributed by atoms with Gasteiger partial charge in [0, 0.05) is 18.5 Å². The lowest BCUT2D eigenvalue weighted by Crippen LogP contribution is -2.37.